The minimum atomic E-state index is -0.399. The van der Waals surface area contributed by atoms with Crippen LogP contribution in [0.15, 0.2) is 65.7 Å². The fourth-order valence-electron chi connectivity index (χ4n) is 5.94. The number of carbonyl (C=O) groups is 1. The number of aromatic nitrogens is 2. The first-order valence-electron chi connectivity index (χ1n) is 14.7. The Balaban J connectivity index is 1.23. The monoisotopic (exact) mass is 557 g/mol. The molecule has 3 fully saturated rings. The van der Waals surface area contributed by atoms with Crippen LogP contribution in [0.1, 0.15) is 60.1 Å². The van der Waals surface area contributed by atoms with Crippen molar-refractivity contribution in [3.63, 3.8) is 0 Å². The molecule has 9 nitrogen and oxygen atoms in total. The molecule has 3 heterocycles. The maximum Gasteiger partial charge on any atom is 0.297 e. The van der Waals surface area contributed by atoms with Gasteiger partial charge in [0.25, 0.3) is 11.5 Å². The van der Waals surface area contributed by atoms with Gasteiger partial charge in [-0.05, 0) is 48.9 Å². The van der Waals surface area contributed by atoms with E-state index < -0.39 is 5.79 Å². The first kappa shape index (κ1) is 27.6. The summed E-state index contributed by atoms with van der Waals surface area (Å²) in [4.78, 5) is 33.5. The molecule has 41 heavy (non-hydrogen) atoms. The summed E-state index contributed by atoms with van der Waals surface area (Å²) in [7, 11) is 0. The lowest BCUT2D eigenvalue weighted by Crippen LogP contribution is -2.47. The topological polar surface area (TPSA) is 97.7 Å². The van der Waals surface area contributed by atoms with E-state index in [1.807, 2.05) is 37.3 Å². The number of anilines is 1. The highest BCUT2D eigenvalue weighted by molar-refractivity contribution is 5.95. The van der Waals surface area contributed by atoms with Gasteiger partial charge in [-0.1, -0.05) is 43.3 Å². The molecule has 0 unspecified atom stereocenters. The van der Waals surface area contributed by atoms with E-state index in [4.69, 9.17) is 9.47 Å². The van der Waals surface area contributed by atoms with Crippen LogP contribution in [0, 0.1) is 12.8 Å². The molecular weight excluding hydrogens is 518 g/mol. The first-order valence-corrected chi connectivity index (χ1v) is 14.7. The number of aryl methyl sites for hydroxylation is 1. The molecule has 1 saturated carbocycles. The highest BCUT2D eigenvalue weighted by atomic mass is 16.7. The lowest BCUT2D eigenvalue weighted by atomic mass is 9.92. The molecule has 2 N–H and O–H groups in total. The van der Waals surface area contributed by atoms with E-state index in [9.17, 15) is 9.59 Å². The Morgan fingerprint density at radius 1 is 1.10 bits per heavy atom. The number of ether oxygens (including phenoxy) is 2. The smallest absolute Gasteiger partial charge is 0.297 e. The number of rotatable bonds is 9. The molecule has 1 spiro atoms. The number of carbonyl (C=O) groups excluding carboxylic acids is 1. The molecule has 0 bridgehead atoms. The second-order valence-electron chi connectivity index (χ2n) is 11.6. The summed E-state index contributed by atoms with van der Waals surface area (Å²) in [6, 6.07) is 15.8. The normalized spacial score (nSPS) is 20.0. The minimum absolute atomic E-state index is 0.109. The molecule has 3 aliphatic rings. The molecule has 9 heteroatoms. The Bertz CT molecular complexity index is 1420. The van der Waals surface area contributed by atoms with Crippen molar-refractivity contribution < 1.29 is 14.3 Å². The van der Waals surface area contributed by atoms with Crippen molar-refractivity contribution in [1.82, 2.24) is 19.8 Å². The lowest BCUT2D eigenvalue weighted by Gasteiger charge is -2.39. The molecule has 3 aromatic rings. The number of piperidine rings is 1. The van der Waals surface area contributed by atoms with Crippen molar-refractivity contribution in [2.24, 2.45) is 5.92 Å². The van der Waals surface area contributed by atoms with Crippen molar-refractivity contribution in [3.05, 3.63) is 88.0 Å². The Hall–Kier alpha value is -3.53. The molecule has 2 atom stereocenters. The van der Waals surface area contributed by atoms with E-state index in [1.165, 1.54) is 0 Å². The molecule has 1 aromatic heterocycles. The van der Waals surface area contributed by atoms with E-state index in [1.54, 1.807) is 23.0 Å². The number of likely N-dealkylation sites (tertiary alicyclic amines) is 1. The van der Waals surface area contributed by atoms with Crippen molar-refractivity contribution in [3.8, 4) is 5.69 Å². The molecule has 1 aliphatic carbocycles. The zero-order valence-electron chi connectivity index (χ0n) is 23.8. The molecule has 216 valence electrons. The maximum absolute atomic E-state index is 13.8. The van der Waals surface area contributed by atoms with Crippen LogP contribution in [0.2, 0.25) is 0 Å². The molecule has 2 aromatic carbocycles. The molecule has 0 radical (unpaired) electrons. The molecule has 2 aliphatic heterocycles. The van der Waals surface area contributed by atoms with Crippen molar-refractivity contribution in [2.75, 3.05) is 38.2 Å². The van der Waals surface area contributed by atoms with Crippen LogP contribution in [-0.2, 0) is 9.47 Å². The van der Waals surface area contributed by atoms with Crippen LogP contribution in [0.3, 0.4) is 0 Å². The van der Waals surface area contributed by atoms with Crippen LogP contribution in [0.25, 0.3) is 5.69 Å². The maximum atomic E-state index is 13.8. The van der Waals surface area contributed by atoms with Gasteiger partial charge in [0.2, 0.25) is 0 Å². The third kappa shape index (κ3) is 6.22. The fraction of sp³-hybridized carbons (Fsp3) is 0.469. The van der Waals surface area contributed by atoms with Crippen LogP contribution < -0.4 is 16.2 Å². The first-order chi connectivity index (χ1) is 19.9. The van der Waals surface area contributed by atoms with Crippen LogP contribution >= 0.6 is 0 Å². The zero-order chi connectivity index (χ0) is 28.4. The van der Waals surface area contributed by atoms with E-state index in [-0.39, 0.29) is 35.3 Å². The van der Waals surface area contributed by atoms with E-state index in [0.29, 0.717) is 24.5 Å². The van der Waals surface area contributed by atoms with Gasteiger partial charge in [0.1, 0.15) is 0 Å². The van der Waals surface area contributed by atoms with Crippen LogP contribution in [0.4, 0.5) is 5.82 Å². The SMILES string of the molecule is Cc1ccc(C(=O)NC2CC2)cc1-n1ccnc(N[C@@H](c2ccccc2)[C@@H](C)CN2CCC3(CC2)OCCO3)c1=O. The molecular formula is C32H39N5O4. The standard InChI is InChI=1S/C32H39N5O4/c1-22-8-9-25(30(38)34-26-10-11-26)20-27(22)37-17-14-33-29(31(37)39)35-28(24-6-4-3-5-7-24)23(2)21-36-15-12-32(13-16-36)40-18-19-41-32/h3-9,14,17,20,23,26,28H,10-13,15-16,18-19,21H2,1-2H3,(H,33,35)(H,34,38)/t23-,28+/m0/s1. The van der Waals surface area contributed by atoms with Crippen molar-refractivity contribution >= 4 is 11.7 Å². The average molecular weight is 558 g/mol. The van der Waals surface area contributed by atoms with Gasteiger partial charge in [0, 0.05) is 56.5 Å². The Morgan fingerprint density at radius 3 is 2.54 bits per heavy atom. The summed E-state index contributed by atoms with van der Waals surface area (Å²) < 4.78 is 13.4. The van der Waals surface area contributed by atoms with Crippen LogP contribution in [0.5, 0.6) is 0 Å². The summed E-state index contributed by atoms with van der Waals surface area (Å²) >= 11 is 0. The molecule has 1 amide bonds. The summed E-state index contributed by atoms with van der Waals surface area (Å²) in [5, 5.41) is 6.53. The second kappa shape index (κ2) is 11.8. The highest BCUT2D eigenvalue weighted by Crippen LogP contribution is 2.33. The van der Waals surface area contributed by atoms with E-state index >= 15 is 0 Å². The Morgan fingerprint density at radius 2 is 1.83 bits per heavy atom. The van der Waals surface area contributed by atoms with Gasteiger partial charge in [-0.25, -0.2) is 4.98 Å². The minimum Gasteiger partial charge on any atom is -0.358 e. The van der Waals surface area contributed by atoms with Gasteiger partial charge >= 0.3 is 0 Å². The van der Waals surface area contributed by atoms with E-state index in [2.05, 4.69) is 39.6 Å². The summed E-state index contributed by atoms with van der Waals surface area (Å²) in [5.41, 5.74) is 2.97. The summed E-state index contributed by atoms with van der Waals surface area (Å²) in [5.74, 6) is -0.0419. The molecule has 2 saturated heterocycles. The van der Waals surface area contributed by atoms with Gasteiger partial charge in [-0.2, -0.15) is 0 Å². The van der Waals surface area contributed by atoms with Crippen molar-refractivity contribution in [2.45, 2.75) is 57.4 Å². The predicted molar refractivity (Wildman–Crippen MR) is 157 cm³/mol. The van der Waals surface area contributed by atoms with Gasteiger partial charge in [-0.3, -0.25) is 14.2 Å². The van der Waals surface area contributed by atoms with Gasteiger partial charge in [-0.15, -0.1) is 0 Å². The Kier molecular flexibility index (Phi) is 7.92. The van der Waals surface area contributed by atoms with Gasteiger partial charge in [0.05, 0.1) is 24.9 Å². The number of hydrogen-bond donors (Lipinski definition) is 2. The highest BCUT2D eigenvalue weighted by Gasteiger charge is 2.40. The average Bonchev–Trinajstić information content (AvgIpc) is 3.69. The second-order valence-corrected chi connectivity index (χ2v) is 11.6. The van der Waals surface area contributed by atoms with E-state index in [0.717, 1.165) is 56.4 Å². The van der Waals surface area contributed by atoms with Crippen molar-refractivity contribution in [1.29, 1.82) is 0 Å². The number of benzene rings is 2. The number of nitrogens with zero attached hydrogens (tertiary/aromatic N) is 3. The quantitative estimate of drug-likeness (QED) is 0.410. The summed E-state index contributed by atoms with van der Waals surface area (Å²) in [6.45, 7) is 8.19. The number of amides is 1. The largest absolute Gasteiger partial charge is 0.358 e. The van der Waals surface area contributed by atoms with Gasteiger partial charge < -0.3 is 25.0 Å². The Labute approximate surface area is 240 Å². The third-order valence-corrected chi connectivity index (χ3v) is 8.48. The lowest BCUT2D eigenvalue weighted by molar-refractivity contribution is -0.185. The fourth-order valence-corrected chi connectivity index (χ4v) is 5.94. The zero-order valence-corrected chi connectivity index (χ0v) is 23.8. The van der Waals surface area contributed by atoms with Crippen LogP contribution in [-0.4, -0.2) is 65.0 Å². The summed E-state index contributed by atoms with van der Waals surface area (Å²) in [6.07, 6.45) is 7.07. The molecule has 6 rings (SSSR count). The predicted octanol–water partition coefficient (Wildman–Crippen LogP) is 4.06. The number of hydrogen-bond acceptors (Lipinski definition) is 7. The number of nitrogens with one attached hydrogen (secondary N) is 2. The van der Waals surface area contributed by atoms with Gasteiger partial charge in [0.15, 0.2) is 11.6 Å². The third-order valence-electron chi connectivity index (χ3n) is 8.48.